The van der Waals surface area contributed by atoms with Crippen LogP contribution in [0.25, 0.3) is 0 Å². The minimum absolute atomic E-state index is 0.0553. The molecule has 92 valence electrons. The third kappa shape index (κ3) is 2.68. The van der Waals surface area contributed by atoms with Gasteiger partial charge in [0.2, 0.25) is 0 Å². The Hall–Kier alpha value is -1.31. The average molecular weight is 232 g/mol. The molecule has 0 spiro atoms. The van der Waals surface area contributed by atoms with Crippen molar-refractivity contribution in [1.82, 2.24) is 0 Å². The highest BCUT2D eigenvalue weighted by molar-refractivity contribution is 5.76. The monoisotopic (exact) mass is 232 g/mol. The van der Waals surface area contributed by atoms with Crippen LogP contribution in [0.1, 0.15) is 50.2 Å². The lowest BCUT2D eigenvalue weighted by Crippen LogP contribution is -2.26. The molecule has 0 atom stereocenters. The molecular formula is C15H20O2. The van der Waals surface area contributed by atoms with Crippen LogP contribution in [0.15, 0.2) is 18.2 Å². The van der Waals surface area contributed by atoms with Crippen LogP contribution in [-0.4, -0.2) is 5.97 Å². The zero-order chi connectivity index (χ0) is 12.4. The predicted molar refractivity (Wildman–Crippen MR) is 68.2 cm³/mol. The van der Waals surface area contributed by atoms with Gasteiger partial charge in [-0.2, -0.15) is 0 Å². The number of esters is 1. The molecule has 0 unspecified atom stereocenters. The van der Waals surface area contributed by atoms with Gasteiger partial charge in [0.25, 0.3) is 0 Å². The third-order valence-corrected chi connectivity index (χ3v) is 3.53. The van der Waals surface area contributed by atoms with Crippen LogP contribution in [0.4, 0.5) is 0 Å². The summed E-state index contributed by atoms with van der Waals surface area (Å²) >= 11 is 0. The second-order valence-corrected chi connectivity index (χ2v) is 5.23. The van der Waals surface area contributed by atoms with Crippen LogP contribution in [0.5, 0.6) is 5.75 Å². The van der Waals surface area contributed by atoms with Crippen molar-refractivity contribution in [3.05, 3.63) is 29.3 Å². The van der Waals surface area contributed by atoms with Crippen molar-refractivity contribution in [2.45, 2.75) is 46.0 Å². The molecule has 0 amide bonds. The van der Waals surface area contributed by atoms with Crippen molar-refractivity contribution in [1.29, 1.82) is 0 Å². The standard InChI is InChI=1S/C15H20O2/c1-10(2)13-8-7-11(3)14(9-13)17-15(16)12-5-4-6-12/h7-10,12H,4-6H2,1-3H3. The number of carbonyl (C=O) groups excluding carboxylic acids is 1. The molecule has 0 heterocycles. The molecular weight excluding hydrogens is 212 g/mol. The molecule has 0 radical (unpaired) electrons. The summed E-state index contributed by atoms with van der Waals surface area (Å²) in [7, 11) is 0. The molecule has 1 saturated carbocycles. The minimum atomic E-state index is -0.0553. The number of hydrogen-bond donors (Lipinski definition) is 0. The van der Waals surface area contributed by atoms with Gasteiger partial charge in [-0.3, -0.25) is 4.79 Å². The van der Waals surface area contributed by atoms with Crippen LogP contribution in [0.2, 0.25) is 0 Å². The normalized spacial score (nSPS) is 15.8. The van der Waals surface area contributed by atoms with E-state index in [1.165, 1.54) is 5.56 Å². The lowest BCUT2D eigenvalue weighted by atomic mass is 9.86. The quantitative estimate of drug-likeness (QED) is 0.585. The Balaban J connectivity index is 2.13. The summed E-state index contributed by atoms with van der Waals surface area (Å²) in [4.78, 5) is 11.8. The molecule has 0 N–H and O–H groups in total. The third-order valence-electron chi connectivity index (χ3n) is 3.53. The van der Waals surface area contributed by atoms with Crippen molar-refractivity contribution in [2.75, 3.05) is 0 Å². The minimum Gasteiger partial charge on any atom is -0.426 e. The Kier molecular flexibility index (Phi) is 3.51. The Bertz CT molecular complexity index is 417. The first-order valence-electron chi connectivity index (χ1n) is 6.40. The number of carbonyl (C=O) groups is 1. The van der Waals surface area contributed by atoms with Crippen molar-refractivity contribution >= 4 is 5.97 Å². The van der Waals surface area contributed by atoms with E-state index < -0.39 is 0 Å². The first-order valence-corrected chi connectivity index (χ1v) is 6.40. The van der Waals surface area contributed by atoms with Gasteiger partial charge >= 0.3 is 5.97 Å². The van der Waals surface area contributed by atoms with E-state index >= 15 is 0 Å². The highest BCUT2D eigenvalue weighted by atomic mass is 16.5. The Morgan fingerprint density at radius 3 is 2.59 bits per heavy atom. The van der Waals surface area contributed by atoms with Gasteiger partial charge in [0, 0.05) is 0 Å². The van der Waals surface area contributed by atoms with Gasteiger partial charge in [-0.05, 0) is 42.9 Å². The fourth-order valence-corrected chi connectivity index (χ4v) is 1.92. The number of aryl methyl sites for hydroxylation is 1. The summed E-state index contributed by atoms with van der Waals surface area (Å²) in [6.45, 7) is 6.26. The van der Waals surface area contributed by atoms with Crippen molar-refractivity contribution in [3.63, 3.8) is 0 Å². The van der Waals surface area contributed by atoms with Gasteiger partial charge in [-0.1, -0.05) is 32.4 Å². The molecule has 1 aromatic rings. The molecule has 17 heavy (non-hydrogen) atoms. The largest absolute Gasteiger partial charge is 0.426 e. The van der Waals surface area contributed by atoms with Gasteiger partial charge in [0.05, 0.1) is 5.92 Å². The number of ether oxygens (including phenoxy) is 1. The van der Waals surface area contributed by atoms with Gasteiger partial charge in [0.1, 0.15) is 5.75 Å². The van der Waals surface area contributed by atoms with Crippen LogP contribution < -0.4 is 4.74 Å². The molecule has 1 aliphatic rings. The Labute approximate surface area is 103 Å². The first kappa shape index (κ1) is 12.2. The number of hydrogen-bond acceptors (Lipinski definition) is 2. The molecule has 2 rings (SSSR count). The van der Waals surface area contributed by atoms with E-state index in [2.05, 4.69) is 19.9 Å². The summed E-state index contributed by atoms with van der Waals surface area (Å²) in [6, 6.07) is 6.12. The van der Waals surface area contributed by atoms with E-state index in [1.54, 1.807) is 0 Å². The lowest BCUT2D eigenvalue weighted by Gasteiger charge is -2.23. The zero-order valence-electron chi connectivity index (χ0n) is 10.8. The molecule has 0 aliphatic heterocycles. The van der Waals surface area contributed by atoms with E-state index in [9.17, 15) is 4.79 Å². The maximum Gasteiger partial charge on any atom is 0.314 e. The molecule has 0 saturated heterocycles. The molecule has 2 nitrogen and oxygen atoms in total. The van der Waals surface area contributed by atoms with Crippen molar-refractivity contribution < 1.29 is 9.53 Å². The van der Waals surface area contributed by atoms with Gasteiger partial charge < -0.3 is 4.74 Å². The van der Waals surface area contributed by atoms with E-state index in [0.29, 0.717) is 5.92 Å². The maximum atomic E-state index is 11.8. The second kappa shape index (κ2) is 4.91. The zero-order valence-corrected chi connectivity index (χ0v) is 10.8. The topological polar surface area (TPSA) is 26.3 Å². The van der Waals surface area contributed by atoms with Crippen molar-refractivity contribution in [2.24, 2.45) is 5.92 Å². The van der Waals surface area contributed by atoms with E-state index in [0.717, 1.165) is 30.6 Å². The van der Waals surface area contributed by atoms with Gasteiger partial charge in [-0.25, -0.2) is 0 Å². The Morgan fingerprint density at radius 1 is 1.35 bits per heavy atom. The molecule has 1 aromatic carbocycles. The van der Waals surface area contributed by atoms with Crippen LogP contribution in [0, 0.1) is 12.8 Å². The summed E-state index contributed by atoms with van der Waals surface area (Å²) in [5.41, 5.74) is 2.24. The summed E-state index contributed by atoms with van der Waals surface area (Å²) < 4.78 is 5.50. The van der Waals surface area contributed by atoms with Crippen LogP contribution in [-0.2, 0) is 4.79 Å². The lowest BCUT2D eigenvalue weighted by molar-refractivity contribution is -0.141. The summed E-state index contributed by atoms with van der Waals surface area (Å²) in [5.74, 6) is 1.27. The first-order chi connectivity index (χ1) is 8.08. The SMILES string of the molecule is Cc1ccc(C(C)C)cc1OC(=O)C1CCC1. The fourth-order valence-electron chi connectivity index (χ4n) is 1.92. The molecule has 1 fully saturated rings. The van der Waals surface area contributed by atoms with Gasteiger partial charge in [0.15, 0.2) is 0 Å². The highest BCUT2D eigenvalue weighted by Gasteiger charge is 2.27. The van der Waals surface area contributed by atoms with Crippen LogP contribution in [0.3, 0.4) is 0 Å². The Morgan fingerprint density at radius 2 is 2.06 bits per heavy atom. The fraction of sp³-hybridized carbons (Fsp3) is 0.533. The van der Waals surface area contributed by atoms with Gasteiger partial charge in [-0.15, -0.1) is 0 Å². The maximum absolute atomic E-state index is 11.8. The van der Waals surface area contributed by atoms with Crippen molar-refractivity contribution in [3.8, 4) is 5.75 Å². The highest BCUT2D eigenvalue weighted by Crippen LogP contribution is 2.30. The summed E-state index contributed by atoms with van der Waals surface area (Å²) in [6.07, 6.45) is 3.13. The van der Waals surface area contributed by atoms with Crippen LogP contribution >= 0.6 is 0 Å². The average Bonchev–Trinajstić information content (AvgIpc) is 2.18. The molecule has 0 bridgehead atoms. The van der Waals surface area contributed by atoms with E-state index in [4.69, 9.17) is 4.74 Å². The number of rotatable bonds is 3. The summed E-state index contributed by atoms with van der Waals surface area (Å²) in [5, 5.41) is 0. The molecule has 0 aromatic heterocycles. The number of benzene rings is 1. The van der Waals surface area contributed by atoms with E-state index in [-0.39, 0.29) is 11.9 Å². The second-order valence-electron chi connectivity index (χ2n) is 5.23. The van der Waals surface area contributed by atoms with E-state index in [1.807, 2.05) is 19.1 Å². The molecule has 1 aliphatic carbocycles. The predicted octanol–water partition coefficient (Wildman–Crippen LogP) is 3.82. The molecule has 2 heteroatoms. The smallest absolute Gasteiger partial charge is 0.314 e.